The molecule has 0 fully saturated rings. The van der Waals surface area contributed by atoms with Crippen LogP contribution in [-0.4, -0.2) is 22.6 Å². The van der Waals surface area contributed by atoms with Gasteiger partial charge in [0, 0.05) is 35.2 Å². The molecule has 4 rings (SSSR count). The van der Waals surface area contributed by atoms with Gasteiger partial charge in [-0.25, -0.2) is 0 Å². The number of fused-ring (bicyclic) bond motifs is 1. The van der Waals surface area contributed by atoms with E-state index in [1.807, 2.05) is 55.6 Å². The minimum absolute atomic E-state index is 0.144. The van der Waals surface area contributed by atoms with Gasteiger partial charge in [0.2, 0.25) is 5.91 Å². The van der Waals surface area contributed by atoms with Crippen molar-refractivity contribution >= 4 is 39.4 Å². The molecule has 1 amide bonds. The van der Waals surface area contributed by atoms with E-state index in [9.17, 15) is 9.59 Å². The number of benzene rings is 2. The largest absolute Gasteiger partial charge is 0.496 e. The summed E-state index contributed by atoms with van der Waals surface area (Å²) in [6.07, 6.45) is 0.160. The summed E-state index contributed by atoms with van der Waals surface area (Å²) >= 11 is 4.94. The number of hydrogen-bond donors (Lipinski definition) is 1. The summed E-state index contributed by atoms with van der Waals surface area (Å²) in [7, 11) is 3.40. The third-order valence-electron chi connectivity index (χ3n) is 5.08. The number of hydrogen-bond acceptors (Lipinski definition) is 5. The van der Waals surface area contributed by atoms with Crippen molar-refractivity contribution in [3.63, 3.8) is 0 Å². The van der Waals surface area contributed by atoms with E-state index in [4.69, 9.17) is 4.74 Å². The average Bonchev–Trinajstić information content (AvgIpc) is 2.75. The SMILES string of the molecule is COc1ccc(Br)cc1[C@H]1CC(=O)Nc2c1c(=O)nc(SCc1ccccc1)n2C. The smallest absolute Gasteiger partial charge is 0.279 e. The van der Waals surface area contributed by atoms with Crippen molar-refractivity contribution in [2.45, 2.75) is 23.2 Å². The molecule has 2 heterocycles. The van der Waals surface area contributed by atoms with E-state index in [0.717, 1.165) is 15.6 Å². The standard InChI is InChI=1S/C22H20BrN3O3S/c1-26-20-19(21(28)25-22(26)30-12-13-6-4-3-5-7-13)16(11-18(27)24-20)15-10-14(23)8-9-17(15)29-2/h3-10,16H,11-12H2,1-2H3,(H,24,27)/t16-/m1/s1. The predicted molar refractivity (Wildman–Crippen MR) is 121 cm³/mol. The number of amides is 1. The second kappa shape index (κ2) is 8.65. The molecule has 154 valence electrons. The lowest BCUT2D eigenvalue weighted by molar-refractivity contribution is -0.116. The monoisotopic (exact) mass is 485 g/mol. The summed E-state index contributed by atoms with van der Waals surface area (Å²) in [6, 6.07) is 15.6. The Hall–Kier alpha value is -2.58. The summed E-state index contributed by atoms with van der Waals surface area (Å²) in [6.45, 7) is 0. The number of carbonyl (C=O) groups is 1. The van der Waals surface area contributed by atoms with Crippen LogP contribution in [0.15, 0.2) is 63.0 Å². The molecule has 0 radical (unpaired) electrons. The van der Waals surface area contributed by atoms with Gasteiger partial charge in [0.15, 0.2) is 5.16 Å². The van der Waals surface area contributed by atoms with Crippen LogP contribution in [0.5, 0.6) is 5.75 Å². The van der Waals surface area contributed by atoms with Crippen molar-refractivity contribution in [3.05, 3.63) is 80.0 Å². The Morgan fingerprint density at radius 3 is 2.73 bits per heavy atom. The predicted octanol–water partition coefficient (Wildman–Crippen LogP) is 4.32. The molecule has 0 bridgehead atoms. The van der Waals surface area contributed by atoms with Crippen LogP contribution in [-0.2, 0) is 17.6 Å². The van der Waals surface area contributed by atoms with Gasteiger partial charge in [-0.05, 0) is 23.8 Å². The average molecular weight is 486 g/mol. The Balaban J connectivity index is 1.77. The molecular formula is C22H20BrN3O3S. The Labute approximate surface area is 186 Å². The highest BCUT2D eigenvalue weighted by molar-refractivity contribution is 9.10. The number of ether oxygens (including phenoxy) is 1. The van der Waals surface area contributed by atoms with Crippen LogP contribution in [0, 0.1) is 0 Å². The fourth-order valence-electron chi connectivity index (χ4n) is 3.63. The third-order valence-corrected chi connectivity index (χ3v) is 6.67. The highest BCUT2D eigenvalue weighted by Gasteiger charge is 2.33. The molecule has 0 saturated heterocycles. The molecular weight excluding hydrogens is 466 g/mol. The molecule has 0 saturated carbocycles. The molecule has 1 N–H and O–H groups in total. The minimum Gasteiger partial charge on any atom is -0.496 e. The molecule has 1 aliphatic rings. The van der Waals surface area contributed by atoms with Gasteiger partial charge in [-0.2, -0.15) is 4.98 Å². The molecule has 0 unspecified atom stereocenters. The number of methoxy groups -OCH3 is 1. The van der Waals surface area contributed by atoms with Crippen LogP contribution in [0.2, 0.25) is 0 Å². The molecule has 3 aromatic rings. The van der Waals surface area contributed by atoms with E-state index in [-0.39, 0.29) is 17.9 Å². The van der Waals surface area contributed by atoms with Crippen molar-refractivity contribution in [1.29, 1.82) is 0 Å². The zero-order valence-electron chi connectivity index (χ0n) is 16.5. The van der Waals surface area contributed by atoms with Crippen molar-refractivity contribution in [1.82, 2.24) is 9.55 Å². The molecule has 1 aromatic heterocycles. The molecule has 30 heavy (non-hydrogen) atoms. The molecule has 8 heteroatoms. The summed E-state index contributed by atoms with van der Waals surface area (Å²) in [5.41, 5.74) is 2.07. The number of nitrogens with zero attached hydrogens (tertiary/aromatic N) is 2. The van der Waals surface area contributed by atoms with E-state index in [2.05, 4.69) is 26.2 Å². The Kier molecular flexibility index (Phi) is 5.97. The van der Waals surface area contributed by atoms with Crippen LogP contribution >= 0.6 is 27.7 Å². The highest BCUT2D eigenvalue weighted by Crippen LogP contribution is 2.40. The van der Waals surface area contributed by atoms with Crippen LogP contribution in [0.3, 0.4) is 0 Å². The summed E-state index contributed by atoms with van der Waals surface area (Å²) in [5, 5.41) is 3.44. The molecule has 0 aliphatic carbocycles. The lowest BCUT2D eigenvalue weighted by Gasteiger charge is -2.28. The quantitative estimate of drug-likeness (QED) is 0.430. The third kappa shape index (κ3) is 4.02. The van der Waals surface area contributed by atoms with E-state index in [1.54, 1.807) is 11.7 Å². The first kappa shape index (κ1) is 20.7. The first-order valence-corrected chi connectivity index (χ1v) is 11.2. The molecule has 0 spiro atoms. The number of thioether (sulfide) groups is 1. The van der Waals surface area contributed by atoms with Gasteiger partial charge in [0.25, 0.3) is 5.56 Å². The Morgan fingerprint density at radius 2 is 2.00 bits per heavy atom. The summed E-state index contributed by atoms with van der Waals surface area (Å²) in [5.74, 6) is 1.23. The minimum atomic E-state index is -0.430. The lowest BCUT2D eigenvalue weighted by Crippen LogP contribution is -2.33. The number of aromatic nitrogens is 2. The van der Waals surface area contributed by atoms with E-state index < -0.39 is 5.92 Å². The van der Waals surface area contributed by atoms with E-state index in [1.165, 1.54) is 11.8 Å². The summed E-state index contributed by atoms with van der Waals surface area (Å²) in [4.78, 5) is 30.0. The van der Waals surface area contributed by atoms with Gasteiger partial charge in [0.1, 0.15) is 11.6 Å². The van der Waals surface area contributed by atoms with Gasteiger partial charge in [-0.3, -0.25) is 9.59 Å². The van der Waals surface area contributed by atoms with Gasteiger partial charge in [0.05, 0.1) is 12.7 Å². The van der Waals surface area contributed by atoms with Crippen LogP contribution in [0.25, 0.3) is 0 Å². The maximum atomic E-state index is 13.1. The van der Waals surface area contributed by atoms with Gasteiger partial charge >= 0.3 is 0 Å². The second-order valence-corrected chi connectivity index (χ2v) is 8.84. The van der Waals surface area contributed by atoms with Crippen molar-refractivity contribution < 1.29 is 9.53 Å². The number of anilines is 1. The van der Waals surface area contributed by atoms with Crippen LogP contribution in [0.1, 0.15) is 29.0 Å². The molecule has 1 aliphatic heterocycles. The highest BCUT2D eigenvalue weighted by atomic mass is 79.9. The van der Waals surface area contributed by atoms with Gasteiger partial charge in [-0.15, -0.1) is 0 Å². The van der Waals surface area contributed by atoms with E-state index >= 15 is 0 Å². The van der Waals surface area contributed by atoms with Gasteiger partial charge in [-0.1, -0.05) is 58.0 Å². The van der Waals surface area contributed by atoms with Crippen molar-refractivity contribution in [2.75, 3.05) is 12.4 Å². The zero-order valence-corrected chi connectivity index (χ0v) is 18.9. The molecule has 1 atom stereocenters. The maximum Gasteiger partial charge on any atom is 0.279 e. The number of halogens is 1. The second-order valence-electron chi connectivity index (χ2n) is 6.99. The Morgan fingerprint density at radius 1 is 1.23 bits per heavy atom. The maximum absolute atomic E-state index is 13.1. The fourth-order valence-corrected chi connectivity index (χ4v) is 4.93. The first-order valence-electron chi connectivity index (χ1n) is 9.39. The molecule has 2 aromatic carbocycles. The van der Waals surface area contributed by atoms with Crippen LogP contribution in [0.4, 0.5) is 5.82 Å². The number of rotatable bonds is 5. The van der Waals surface area contributed by atoms with Crippen LogP contribution < -0.4 is 15.6 Å². The fraction of sp³-hybridized carbons (Fsp3) is 0.227. The topological polar surface area (TPSA) is 73.2 Å². The normalized spacial score (nSPS) is 15.4. The zero-order chi connectivity index (χ0) is 21.3. The lowest BCUT2D eigenvalue weighted by atomic mass is 9.86. The number of nitrogens with one attached hydrogen (secondary N) is 1. The Bertz CT molecular complexity index is 1160. The summed E-state index contributed by atoms with van der Waals surface area (Å²) < 4.78 is 8.14. The van der Waals surface area contributed by atoms with Crippen molar-refractivity contribution in [3.8, 4) is 5.75 Å². The van der Waals surface area contributed by atoms with Crippen molar-refractivity contribution in [2.24, 2.45) is 7.05 Å². The van der Waals surface area contributed by atoms with E-state index in [0.29, 0.717) is 28.0 Å². The number of carbonyl (C=O) groups excluding carboxylic acids is 1. The first-order chi connectivity index (χ1) is 14.5. The van der Waals surface area contributed by atoms with Gasteiger partial charge < -0.3 is 14.6 Å². The molecule has 6 nitrogen and oxygen atoms in total.